The van der Waals surface area contributed by atoms with Gasteiger partial charge >= 0.3 is 5.97 Å². The lowest BCUT2D eigenvalue weighted by atomic mass is 9.48. The number of carbonyl (C=O) groups is 2. The van der Waals surface area contributed by atoms with Gasteiger partial charge in [-0.05, 0) is 126 Å². The Bertz CT molecular complexity index is 1540. The highest BCUT2D eigenvalue weighted by Crippen LogP contribution is 2.62. The number of aromatic carboxylic acids is 1. The summed E-state index contributed by atoms with van der Waals surface area (Å²) in [6.07, 6.45) is 11.3. The van der Waals surface area contributed by atoms with Gasteiger partial charge in [0.1, 0.15) is 5.75 Å². The molecular formula is C34H34N2O4. The van der Waals surface area contributed by atoms with Crippen LogP contribution < -0.4 is 10.5 Å². The largest absolute Gasteiger partial charge is 0.496 e. The van der Waals surface area contributed by atoms with Gasteiger partial charge in [-0.2, -0.15) is 0 Å². The van der Waals surface area contributed by atoms with Crippen molar-refractivity contribution >= 4 is 22.6 Å². The second-order valence-electron chi connectivity index (χ2n) is 11.8. The van der Waals surface area contributed by atoms with Gasteiger partial charge in [-0.25, -0.2) is 4.79 Å². The number of nitrogens with two attached hydrogens (primary N) is 1. The number of methoxy groups -OCH3 is 1. The summed E-state index contributed by atoms with van der Waals surface area (Å²) in [5, 5.41) is 11.3. The van der Waals surface area contributed by atoms with Crippen LogP contribution in [0, 0.1) is 17.8 Å². The van der Waals surface area contributed by atoms with Crippen LogP contribution >= 0.6 is 0 Å². The Hall–Kier alpha value is -4.19. The maximum atomic E-state index is 11.3. The van der Waals surface area contributed by atoms with Crippen molar-refractivity contribution in [2.24, 2.45) is 23.5 Å². The van der Waals surface area contributed by atoms with Gasteiger partial charge in [-0.15, -0.1) is 0 Å². The van der Waals surface area contributed by atoms with E-state index in [0.717, 1.165) is 34.3 Å². The van der Waals surface area contributed by atoms with E-state index in [1.54, 1.807) is 37.6 Å². The molecule has 0 unspecified atom stereocenters. The van der Waals surface area contributed by atoms with Crippen molar-refractivity contribution < 1.29 is 19.4 Å². The molecule has 0 radical (unpaired) electrons. The number of nitrogens with zero attached hydrogens (tertiary/aromatic N) is 1. The summed E-state index contributed by atoms with van der Waals surface area (Å²) < 4.78 is 5.88. The minimum Gasteiger partial charge on any atom is -0.496 e. The van der Waals surface area contributed by atoms with E-state index in [9.17, 15) is 14.7 Å². The van der Waals surface area contributed by atoms with Crippen molar-refractivity contribution in [3.63, 3.8) is 0 Å². The number of primary amides is 1. The van der Waals surface area contributed by atoms with Crippen LogP contribution in [-0.4, -0.2) is 29.1 Å². The third-order valence-corrected chi connectivity index (χ3v) is 9.18. The summed E-state index contributed by atoms with van der Waals surface area (Å²) in [6, 6.07) is 21.6. The average Bonchev–Trinajstić information content (AvgIpc) is 2.96. The molecule has 1 heterocycles. The van der Waals surface area contributed by atoms with Gasteiger partial charge < -0.3 is 15.6 Å². The maximum absolute atomic E-state index is 11.3. The van der Waals surface area contributed by atoms with Gasteiger partial charge in [0, 0.05) is 18.0 Å². The van der Waals surface area contributed by atoms with Gasteiger partial charge in [0.05, 0.1) is 18.2 Å². The van der Waals surface area contributed by atoms with Crippen molar-refractivity contribution in [1.82, 2.24) is 4.98 Å². The highest BCUT2D eigenvalue weighted by atomic mass is 16.5. The molecule has 3 aromatic carbocycles. The number of carboxylic acids is 1. The topological polar surface area (TPSA) is 103 Å². The smallest absolute Gasteiger partial charge is 0.335 e. The zero-order valence-electron chi connectivity index (χ0n) is 22.7. The number of hydrogen-bond donors (Lipinski definition) is 2. The lowest BCUT2D eigenvalue weighted by molar-refractivity contribution is -0.00613. The van der Waals surface area contributed by atoms with Crippen LogP contribution in [0.5, 0.6) is 5.75 Å². The van der Waals surface area contributed by atoms with Gasteiger partial charge in [-0.1, -0.05) is 24.3 Å². The highest BCUT2D eigenvalue weighted by Gasteiger charge is 2.52. The van der Waals surface area contributed by atoms with Gasteiger partial charge in [0.25, 0.3) is 0 Å². The van der Waals surface area contributed by atoms with Crippen molar-refractivity contribution in [3.8, 4) is 16.9 Å². The van der Waals surface area contributed by atoms with Crippen LogP contribution in [0.1, 0.15) is 64.8 Å². The number of hydrogen-bond acceptors (Lipinski definition) is 4. The summed E-state index contributed by atoms with van der Waals surface area (Å²) in [7, 11) is 1.80. The van der Waals surface area contributed by atoms with Gasteiger partial charge in [0.2, 0.25) is 5.91 Å². The Morgan fingerprint density at radius 2 is 1.48 bits per heavy atom. The number of ether oxygens (including phenoxy) is 1. The Labute approximate surface area is 234 Å². The molecule has 6 heteroatoms. The molecule has 8 rings (SSSR count). The van der Waals surface area contributed by atoms with E-state index < -0.39 is 11.9 Å². The molecule has 3 N–H and O–H groups in total. The molecule has 0 atom stereocenters. The monoisotopic (exact) mass is 534 g/mol. The van der Waals surface area contributed by atoms with Crippen molar-refractivity contribution in [3.05, 3.63) is 95.8 Å². The van der Waals surface area contributed by atoms with Gasteiger partial charge in [0.15, 0.2) is 0 Å². The number of amides is 1. The fourth-order valence-electron chi connectivity index (χ4n) is 7.81. The molecule has 6 nitrogen and oxygen atoms in total. The van der Waals surface area contributed by atoms with E-state index in [1.807, 2.05) is 12.1 Å². The van der Waals surface area contributed by atoms with E-state index >= 15 is 0 Å². The number of carboxylic acid groups (broad SMARTS) is 1. The van der Waals surface area contributed by atoms with E-state index in [4.69, 9.17) is 10.5 Å². The van der Waals surface area contributed by atoms with Crippen LogP contribution in [0.2, 0.25) is 0 Å². The first-order chi connectivity index (χ1) is 19.3. The SMILES string of the molecule is COc1ccc(-c2ccc3cc(C(=O)O)ccc3c2)cc1C12CC3CC(CC(C3)C1)C2.NC(=O)c1cccnc1. The summed E-state index contributed by atoms with van der Waals surface area (Å²) in [5.74, 6) is 2.39. The predicted molar refractivity (Wildman–Crippen MR) is 156 cm³/mol. The number of carbonyl (C=O) groups excluding carboxylic acids is 1. The summed E-state index contributed by atoms with van der Waals surface area (Å²) in [6.45, 7) is 0. The molecule has 0 saturated heterocycles. The Balaban J connectivity index is 0.000000276. The molecule has 4 saturated carbocycles. The van der Waals surface area contributed by atoms with E-state index in [1.165, 1.54) is 61.4 Å². The van der Waals surface area contributed by atoms with E-state index in [0.29, 0.717) is 11.1 Å². The second-order valence-corrected chi connectivity index (χ2v) is 11.8. The van der Waals surface area contributed by atoms with Crippen molar-refractivity contribution in [2.75, 3.05) is 7.11 Å². The lowest BCUT2D eigenvalue weighted by Gasteiger charge is -2.57. The third-order valence-electron chi connectivity index (χ3n) is 9.18. The van der Waals surface area contributed by atoms with Crippen molar-refractivity contribution in [1.29, 1.82) is 0 Å². The van der Waals surface area contributed by atoms with Crippen LogP contribution in [0.25, 0.3) is 21.9 Å². The highest BCUT2D eigenvalue weighted by molar-refractivity contribution is 5.95. The van der Waals surface area contributed by atoms with Gasteiger partial charge in [-0.3, -0.25) is 9.78 Å². The first-order valence-corrected chi connectivity index (χ1v) is 14.0. The molecule has 4 aromatic rings. The molecule has 4 bridgehead atoms. The van der Waals surface area contributed by atoms with Crippen LogP contribution in [-0.2, 0) is 5.41 Å². The number of benzene rings is 3. The van der Waals surface area contributed by atoms with Crippen LogP contribution in [0.4, 0.5) is 0 Å². The standard InChI is InChI=1S/C28H28O3.C6H6N2O/c1-31-26-7-6-23(21-2-3-22-12-24(27(29)30)5-4-20(22)11-21)13-25(26)28-14-17-8-18(15-28)10-19(9-17)16-28;7-6(9)5-2-1-3-8-4-5/h2-7,11-13,17-19H,8-10,14-16H2,1H3,(H,29,30);1-4H,(H2,7,9). The first kappa shape index (κ1) is 26.1. The number of aromatic nitrogens is 1. The summed E-state index contributed by atoms with van der Waals surface area (Å²) in [4.78, 5) is 25.4. The Kier molecular flexibility index (Phi) is 6.78. The summed E-state index contributed by atoms with van der Waals surface area (Å²) in [5.41, 5.74) is 9.78. The quantitative estimate of drug-likeness (QED) is 0.291. The zero-order valence-corrected chi connectivity index (χ0v) is 22.7. The van der Waals surface area contributed by atoms with Crippen molar-refractivity contribution in [2.45, 2.75) is 43.9 Å². The molecular weight excluding hydrogens is 500 g/mol. The lowest BCUT2D eigenvalue weighted by Crippen LogP contribution is -2.48. The van der Waals surface area contributed by atoms with E-state index in [-0.39, 0.29) is 5.41 Å². The molecule has 1 aromatic heterocycles. The fraction of sp³-hybridized carbons (Fsp3) is 0.324. The summed E-state index contributed by atoms with van der Waals surface area (Å²) >= 11 is 0. The minimum absolute atomic E-state index is 0.281. The average molecular weight is 535 g/mol. The minimum atomic E-state index is -0.888. The predicted octanol–water partition coefficient (Wildman–Crippen LogP) is 6.86. The molecule has 1 amide bonds. The number of pyridine rings is 1. The number of fused-ring (bicyclic) bond motifs is 1. The first-order valence-electron chi connectivity index (χ1n) is 14.0. The molecule has 4 aliphatic rings. The molecule has 204 valence electrons. The molecule has 0 spiro atoms. The third kappa shape index (κ3) is 4.94. The normalized spacial score (nSPS) is 24.3. The number of rotatable bonds is 5. The van der Waals surface area contributed by atoms with Crippen LogP contribution in [0.15, 0.2) is 79.1 Å². The van der Waals surface area contributed by atoms with E-state index in [2.05, 4.69) is 35.3 Å². The molecule has 4 aliphatic carbocycles. The maximum Gasteiger partial charge on any atom is 0.335 e. The Morgan fingerprint density at radius 3 is 2.05 bits per heavy atom. The molecule has 40 heavy (non-hydrogen) atoms. The molecule has 4 fully saturated rings. The Morgan fingerprint density at radius 1 is 0.850 bits per heavy atom. The molecule has 0 aliphatic heterocycles. The fourth-order valence-corrected chi connectivity index (χ4v) is 7.81. The van der Waals surface area contributed by atoms with Crippen LogP contribution in [0.3, 0.4) is 0 Å². The zero-order chi connectivity index (χ0) is 27.9. The second kappa shape index (κ2) is 10.4.